The zero-order valence-corrected chi connectivity index (χ0v) is 20.4. The monoisotopic (exact) mass is 471 g/mol. The summed E-state index contributed by atoms with van der Waals surface area (Å²) in [4.78, 5) is 23.2. The summed E-state index contributed by atoms with van der Waals surface area (Å²) in [5, 5.41) is 4.53. The first-order valence-corrected chi connectivity index (χ1v) is 13.0. The van der Waals surface area contributed by atoms with Crippen molar-refractivity contribution >= 4 is 49.6 Å². The minimum Gasteiger partial charge on any atom is -0.353 e. The van der Waals surface area contributed by atoms with Crippen LogP contribution in [0.25, 0.3) is 31.8 Å². The third-order valence-corrected chi connectivity index (χ3v) is 8.50. The lowest BCUT2D eigenvalue weighted by Gasteiger charge is -2.36. The van der Waals surface area contributed by atoms with Crippen LogP contribution >= 0.6 is 22.7 Å². The van der Waals surface area contributed by atoms with Crippen LogP contribution < -0.4 is 4.90 Å². The summed E-state index contributed by atoms with van der Waals surface area (Å²) in [6.07, 6.45) is 1.89. The molecule has 1 aliphatic rings. The molecule has 1 fully saturated rings. The number of fused-ring (bicyclic) bond motifs is 2. The standard InChI is InChI=1S/C26H25N5S2/c1-17-18(2)33-26-22(17)25(28-24(29-26)21-9-5-15-32-21)31-13-11-30(12-14-31)16-20-7-3-6-19-8-4-10-27-23(19)20/h3-10,15H,11-14,16H2,1-2H3. The number of piperazine rings is 1. The molecule has 1 saturated heterocycles. The van der Waals surface area contributed by atoms with Gasteiger partial charge in [-0.3, -0.25) is 9.88 Å². The average molecular weight is 472 g/mol. The first kappa shape index (κ1) is 20.7. The van der Waals surface area contributed by atoms with E-state index in [9.17, 15) is 0 Å². The summed E-state index contributed by atoms with van der Waals surface area (Å²) in [6.45, 7) is 9.25. The maximum atomic E-state index is 5.09. The number of aromatic nitrogens is 3. The third kappa shape index (κ3) is 3.80. The van der Waals surface area contributed by atoms with Crippen molar-refractivity contribution in [1.29, 1.82) is 0 Å². The molecule has 5 aromatic rings. The van der Waals surface area contributed by atoms with Gasteiger partial charge in [0.1, 0.15) is 10.6 Å². The minimum atomic E-state index is 0.845. The van der Waals surface area contributed by atoms with Crippen LogP contribution in [0.2, 0.25) is 0 Å². The molecule has 5 nitrogen and oxygen atoms in total. The van der Waals surface area contributed by atoms with E-state index in [4.69, 9.17) is 9.97 Å². The number of pyridine rings is 1. The lowest BCUT2D eigenvalue weighted by Crippen LogP contribution is -2.46. The number of benzene rings is 1. The Morgan fingerprint density at radius 3 is 2.61 bits per heavy atom. The van der Waals surface area contributed by atoms with Gasteiger partial charge in [-0.25, -0.2) is 9.97 Å². The highest BCUT2D eigenvalue weighted by Crippen LogP contribution is 2.37. The molecule has 1 aromatic carbocycles. The van der Waals surface area contributed by atoms with Crippen molar-refractivity contribution in [1.82, 2.24) is 19.9 Å². The molecule has 7 heteroatoms. The van der Waals surface area contributed by atoms with Crippen molar-refractivity contribution in [2.24, 2.45) is 0 Å². The maximum absolute atomic E-state index is 5.09. The Morgan fingerprint density at radius 2 is 1.79 bits per heavy atom. The van der Waals surface area contributed by atoms with Crippen LogP contribution in [-0.2, 0) is 6.54 Å². The smallest absolute Gasteiger partial charge is 0.173 e. The number of anilines is 1. The number of hydrogen-bond donors (Lipinski definition) is 0. The second-order valence-electron chi connectivity index (χ2n) is 8.57. The molecule has 0 radical (unpaired) electrons. The van der Waals surface area contributed by atoms with Crippen molar-refractivity contribution in [3.8, 4) is 10.7 Å². The average Bonchev–Trinajstić information content (AvgIpc) is 3.48. The molecule has 0 bridgehead atoms. The molecule has 0 atom stereocenters. The topological polar surface area (TPSA) is 45.2 Å². The molecular weight excluding hydrogens is 446 g/mol. The van der Waals surface area contributed by atoms with Crippen LogP contribution in [0.15, 0.2) is 54.0 Å². The van der Waals surface area contributed by atoms with E-state index in [-0.39, 0.29) is 0 Å². The SMILES string of the molecule is Cc1sc2nc(-c3cccs3)nc(N3CCN(Cc4cccc5cccnc45)CC3)c2c1C. The Bertz CT molecular complexity index is 1430. The van der Waals surface area contributed by atoms with Crippen molar-refractivity contribution < 1.29 is 0 Å². The fraction of sp³-hybridized carbons (Fsp3) is 0.269. The number of thiophene rings is 2. The lowest BCUT2D eigenvalue weighted by atomic mass is 10.1. The van der Waals surface area contributed by atoms with E-state index >= 15 is 0 Å². The zero-order valence-electron chi connectivity index (χ0n) is 18.8. The predicted octanol–water partition coefficient (Wildman–Crippen LogP) is 5.91. The number of para-hydroxylation sites is 1. The first-order valence-electron chi connectivity index (χ1n) is 11.3. The Balaban J connectivity index is 1.28. The van der Waals surface area contributed by atoms with Crippen LogP contribution in [0, 0.1) is 13.8 Å². The van der Waals surface area contributed by atoms with Gasteiger partial charge in [-0.05, 0) is 42.5 Å². The molecule has 5 heterocycles. The third-order valence-electron chi connectivity index (χ3n) is 6.53. The summed E-state index contributed by atoms with van der Waals surface area (Å²) in [5.74, 6) is 1.94. The molecule has 1 aliphatic heterocycles. The molecule has 0 spiro atoms. The Kier molecular flexibility index (Phi) is 5.32. The summed E-state index contributed by atoms with van der Waals surface area (Å²) in [7, 11) is 0. The van der Waals surface area contributed by atoms with Crippen LogP contribution in [0.1, 0.15) is 16.0 Å². The normalized spacial score (nSPS) is 15.0. The Hall–Kier alpha value is -2.87. The van der Waals surface area contributed by atoms with Gasteiger partial charge < -0.3 is 4.90 Å². The fourth-order valence-corrected chi connectivity index (χ4v) is 6.31. The molecule has 6 rings (SSSR count). The summed E-state index contributed by atoms with van der Waals surface area (Å²) in [5.41, 5.74) is 3.73. The Morgan fingerprint density at radius 1 is 0.939 bits per heavy atom. The molecule has 166 valence electrons. The van der Waals surface area contributed by atoms with Gasteiger partial charge in [-0.15, -0.1) is 22.7 Å². The predicted molar refractivity (Wildman–Crippen MR) is 139 cm³/mol. The van der Waals surface area contributed by atoms with Gasteiger partial charge in [0, 0.05) is 49.2 Å². The van der Waals surface area contributed by atoms with Crippen LogP contribution in [0.5, 0.6) is 0 Å². The summed E-state index contributed by atoms with van der Waals surface area (Å²) < 4.78 is 0. The van der Waals surface area contributed by atoms with Crippen molar-refractivity contribution in [2.75, 3.05) is 31.1 Å². The van der Waals surface area contributed by atoms with Crippen LogP contribution in [-0.4, -0.2) is 46.0 Å². The van der Waals surface area contributed by atoms with Gasteiger partial charge in [0.2, 0.25) is 0 Å². The van der Waals surface area contributed by atoms with Gasteiger partial charge in [0.05, 0.1) is 15.8 Å². The van der Waals surface area contributed by atoms with E-state index < -0.39 is 0 Å². The van der Waals surface area contributed by atoms with E-state index in [1.807, 2.05) is 12.3 Å². The van der Waals surface area contributed by atoms with E-state index in [2.05, 4.69) is 70.4 Å². The minimum absolute atomic E-state index is 0.845. The number of nitrogens with zero attached hydrogens (tertiary/aromatic N) is 5. The van der Waals surface area contributed by atoms with E-state index in [1.54, 1.807) is 22.7 Å². The summed E-state index contributed by atoms with van der Waals surface area (Å²) in [6, 6.07) is 14.8. The second kappa shape index (κ2) is 8.48. The summed E-state index contributed by atoms with van der Waals surface area (Å²) >= 11 is 3.48. The highest BCUT2D eigenvalue weighted by atomic mass is 32.1. The maximum Gasteiger partial charge on any atom is 0.173 e. The largest absolute Gasteiger partial charge is 0.353 e. The van der Waals surface area contributed by atoms with Crippen molar-refractivity contribution in [3.63, 3.8) is 0 Å². The quantitative estimate of drug-likeness (QED) is 0.326. The molecule has 0 aliphatic carbocycles. The first-order chi connectivity index (χ1) is 16.2. The van der Waals surface area contributed by atoms with Gasteiger partial charge in [0.15, 0.2) is 5.82 Å². The van der Waals surface area contributed by atoms with E-state index in [1.165, 1.54) is 26.8 Å². The fourth-order valence-electron chi connectivity index (χ4n) is 4.63. The van der Waals surface area contributed by atoms with Crippen LogP contribution in [0.4, 0.5) is 5.82 Å². The van der Waals surface area contributed by atoms with Crippen molar-refractivity contribution in [2.45, 2.75) is 20.4 Å². The van der Waals surface area contributed by atoms with E-state index in [0.29, 0.717) is 0 Å². The van der Waals surface area contributed by atoms with Crippen molar-refractivity contribution in [3.05, 3.63) is 70.0 Å². The van der Waals surface area contributed by atoms with E-state index in [0.717, 1.165) is 59.6 Å². The van der Waals surface area contributed by atoms with Gasteiger partial charge in [0.25, 0.3) is 0 Å². The molecule has 0 saturated carbocycles. The highest BCUT2D eigenvalue weighted by molar-refractivity contribution is 7.19. The number of aryl methyl sites for hydroxylation is 2. The van der Waals surface area contributed by atoms with Gasteiger partial charge >= 0.3 is 0 Å². The molecular formula is C26H25N5S2. The zero-order chi connectivity index (χ0) is 22.4. The molecule has 4 aromatic heterocycles. The highest BCUT2D eigenvalue weighted by Gasteiger charge is 2.24. The Labute approximate surface area is 201 Å². The molecule has 33 heavy (non-hydrogen) atoms. The second-order valence-corrected chi connectivity index (χ2v) is 10.7. The molecule has 0 amide bonds. The number of hydrogen-bond acceptors (Lipinski definition) is 7. The lowest BCUT2D eigenvalue weighted by molar-refractivity contribution is 0.250. The van der Waals surface area contributed by atoms with Gasteiger partial charge in [-0.2, -0.15) is 0 Å². The molecule has 0 unspecified atom stereocenters. The van der Waals surface area contributed by atoms with Crippen LogP contribution in [0.3, 0.4) is 0 Å². The van der Waals surface area contributed by atoms with Gasteiger partial charge in [-0.1, -0.05) is 30.3 Å². The molecule has 0 N–H and O–H groups in total. The number of rotatable bonds is 4.